The number of halogens is 1. The van der Waals surface area contributed by atoms with Gasteiger partial charge in [-0.05, 0) is 62.7 Å². The number of carbonyl (C=O) groups excluding carboxylic acids is 2. The molecular formula is C19H17BrN2O3. The first-order valence-corrected chi connectivity index (χ1v) is 9.20. The number of ketones is 2. The zero-order valence-electron chi connectivity index (χ0n) is 13.6. The van der Waals surface area contributed by atoms with Crippen LogP contribution in [0.3, 0.4) is 0 Å². The van der Waals surface area contributed by atoms with Gasteiger partial charge < -0.3 is 9.32 Å². The summed E-state index contributed by atoms with van der Waals surface area (Å²) in [5, 5.41) is 0. The average molecular weight is 401 g/mol. The van der Waals surface area contributed by atoms with Crippen LogP contribution in [0.1, 0.15) is 40.3 Å². The molecule has 1 aliphatic heterocycles. The number of aromatic nitrogens is 1. The van der Waals surface area contributed by atoms with Crippen LogP contribution in [0.25, 0.3) is 11.5 Å². The zero-order chi connectivity index (χ0) is 17.4. The van der Waals surface area contributed by atoms with E-state index in [1.165, 1.54) is 18.9 Å². The highest BCUT2D eigenvalue weighted by atomic mass is 79.9. The molecule has 2 heterocycles. The largest absolute Gasteiger partial charge is 0.432 e. The molecule has 0 radical (unpaired) electrons. The Hall–Kier alpha value is -2.05. The van der Waals surface area contributed by atoms with E-state index in [9.17, 15) is 9.59 Å². The third kappa shape index (κ3) is 3.24. The second-order valence-electron chi connectivity index (χ2n) is 6.37. The molecule has 0 atom stereocenters. The van der Waals surface area contributed by atoms with Gasteiger partial charge in [0.1, 0.15) is 0 Å². The fraction of sp³-hybridized carbons (Fsp3) is 0.316. The van der Waals surface area contributed by atoms with Crippen LogP contribution in [0, 0.1) is 0 Å². The van der Waals surface area contributed by atoms with E-state index < -0.39 is 0 Å². The predicted molar refractivity (Wildman–Crippen MR) is 96.7 cm³/mol. The van der Waals surface area contributed by atoms with Crippen molar-refractivity contribution in [3.05, 3.63) is 51.8 Å². The molecule has 1 saturated heterocycles. The van der Waals surface area contributed by atoms with Gasteiger partial charge in [-0.2, -0.15) is 0 Å². The van der Waals surface area contributed by atoms with Gasteiger partial charge in [0.05, 0.1) is 0 Å². The lowest BCUT2D eigenvalue weighted by atomic mass is 9.96. The number of hydrogen-bond acceptors (Lipinski definition) is 5. The number of Topliss-reactive ketones (excluding diaryl/α,β-unsaturated/α-hetero) is 1. The number of fused-ring (bicyclic) bond motifs is 1. The van der Waals surface area contributed by atoms with E-state index in [2.05, 4.69) is 25.8 Å². The lowest BCUT2D eigenvalue weighted by Crippen LogP contribution is -2.24. The number of carbonyl (C=O) groups is 2. The Morgan fingerprint density at radius 2 is 1.84 bits per heavy atom. The fourth-order valence-corrected chi connectivity index (χ4v) is 3.53. The standard InChI is InChI=1S/C19H17BrN2O3/c20-14-5-3-12(4-6-14)19-21-16-17(24)13(11-15(23)18(16)25-19)7-10-22-8-1-2-9-22/h3-6,11H,1-2,7-10H2. The summed E-state index contributed by atoms with van der Waals surface area (Å²) in [5.74, 6) is -0.121. The van der Waals surface area contributed by atoms with Crippen LogP contribution in [0.5, 0.6) is 0 Å². The SMILES string of the molecule is O=C1C(CCN2CCCC2)=CC(=O)c2oc(-c3ccc(Br)cc3)nc21. The Morgan fingerprint density at radius 3 is 2.56 bits per heavy atom. The van der Waals surface area contributed by atoms with Crippen LogP contribution < -0.4 is 0 Å². The Balaban J connectivity index is 1.57. The molecule has 0 unspecified atom stereocenters. The highest BCUT2D eigenvalue weighted by molar-refractivity contribution is 9.10. The second-order valence-corrected chi connectivity index (χ2v) is 7.28. The summed E-state index contributed by atoms with van der Waals surface area (Å²) in [6, 6.07) is 7.39. The van der Waals surface area contributed by atoms with E-state index in [0.29, 0.717) is 17.9 Å². The third-order valence-electron chi connectivity index (χ3n) is 4.65. The van der Waals surface area contributed by atoms with Gasteiger partial charge >= 0.3 is 0 Å². The Labute approximate surface area is 153 Å². The van der Waals surface area contributed by atoms with Gasteiger partial charge in [-0.3, -0.25) is 9.59 Å². The first kappa shape index (κ1) is 16.4. The summed E-state index contributed by atoms with van der Waals surface area (Å²) in [7, 11) is 0. The Kier molecular flexibility index (Phi) is 4.39. The van der Waals surface area contributed by atoms with Gasteiger partial charge in [0.15, 0.2) is 5.69 Å². The molecule has 1 aromatic carbocycles. The second kappa shape index (κ2) is 6.69. The lowest BCUT2D eigenvalue weighted by Gasteiger charge is -2.16. The smallest absolute Gasteiger partial charge is 0.227 e. The van der Waals surface area contributed by atoms with Gasteiger partial charge in [0.2, 0.25) is 23.2 Å². The molecule has 1 aliphatic carbocycles. The molecule has 1 fully saturated rings. The molecule has 1 aromatic heterocycles. The van der Waals surface area contributed by atoms with E-state index >= 15 is 0 Å². The maximum atomic E-state index is 12.7. The molecule has 0 amide bonds. The molecule has 2 aromatic rings. The Morgan fingerprint density at radius 1 is 1.12 bits per heavy atom. The van der Waals surface area contributed by atoms with Crippen LogP contribution in [-0.2, 0) is 0 Å². The Bertz CT molecular complexity index is 861. The van der Waals surface area contributed by atoms with Crippen molar-refractivity contribution in [3.8, 4) is 11.5 Å². The van der Waals surface area contributed by atoms with Crippen molar-refractivity contribution in [2.75, 3.05) is 19.6 Å². The molecule has 128 valence electrons. The van der Waals surface area contributed by atoms with Crippen molar-refractivity contribution in [3.63, 3.8) is 0 Å². The van der Waals surface area contributed by atoms with E-state index in [1.54, 1.807) is 0 Å². The van der Waals surface area contributed by atoms with Gasteiger partial charge in [0, 0.05) is 22.2 Å². The summed E-state index contributed by atoms with van der Waals surface area (Å²) in [4.78, 5) is 31.7. The number of allylic oxidation sites excluding steroid dienone is 1. The molecule has 5 nitrogen and oxygen atoms in total. The number of likely N-dealkylation sites (tertiary alicyclic amines) is 1. The number of rotatable bonds is 4. The van der Waals surface area contributed by atoms with E-state index in [1.807, 2.05) is 24.3 Å². The van der Waals surface area contributed by atoms with E-state index in [4.69, 9.17) is 4.42 Å². The number of hydrogen-bond donors (Lipinski definition) is 0. The third-order valence-corrected chi connectivity index (χ3v) is 5.18. The van der Waals surface area contributed by atoms with Crippen LogP contribution in [0.4, 0.5) is 0 Å². The monoisotopic (exact) mass is 400 g/mol. The molecule has 2 aliphatic rings. The van der Waals surface area contributed by atoms with Crippen molar-refractivity contribution < 1.29 is 14.0 Å². The van der Waals surface area contributed by atoms with Crippen molar-refractivity contribution in [1.29, 1.82) is 0 Å². The minimum Gasteiger partial charge on any atom is -0.432 e. The highest BCUT2D eigenvalue weighted by Crippen LogP contribution is 2.29. The first-order valence-electron chi connectivity index (χ1n) is 8.40. The maximum absolute atomic E-state index is 12.7. The first-order chi connectivity index (χ1) is 12.1. The molecular weight excluding hydrogens is 384 g/mol. The van der Waals surface area contributed by atoms with Gasteiger partial charge in [-0.25, -0.2) is 4.98 Å². The topological polar surface area (TPSA) is 63.4 Å². The van der Waals surface area contributed by atoms with Crippen LogP contribution in [0.15, 0.2) is 44.8 Å². The van der Waals surface area contributed by atoms with Gasteiger partial charge in [-0.15, -0.1) is 0 Å². The molecule has 4 rings (SSSR count). The molecule has 0 bridgehead atoms. The summed E-state index contributed by atoms with van der Waals surface area (Å²) >= 11 is 3.38. The summed E-state index contributed by atoms with van der Waals surface area (Å²) in [6.07, 6.45) is 4.40. The minimum absolute atomic E-state index is 0.0489. The zero-order valence-corrected chi connectivity index (χ0v) is 15.2. The van der Waals surface area contributed by atoms with Crippen LogP contribution in [-0.4, -0.2) is 41.1 Å². The van der Waals surface area contributed by atoms with Crippen LogP contribution in [0.2, 0.25) is 0 Å². The number of benzene rings is 1. The van der Waals surface area contributed by atoms with Gasteiger partial charge in [-0.1, -0.05) is 15.9 Å². The summed E-state index contributed by atoms with van der Waals surface area (Å²) in [6.45, 7) is 2.94. The summed E-state index contributed by atoms with van der Waals surface area (Å²) < 4.78 is 6.52. The predicted octanol–water partition coefficient (Wildman–Crippen LogP) is 3.90. The lowest BCUT2D eigenvalue weighted by molar-refractivity contribution is 0.0961. The van der Waals surface area contributed by atoms with Crippen molar-refractivity contribution in [1.82, 2.24) is 9.88 Å². The highest BCUT2D eigenvalue weighted by Gasteiger charge is 2.32. The molecule has 0 saturated carbocycles. The normalized spacial score (nSPS) is 17.7. The van der Waals surface area contributed by atoms with Crippen molar-refractivity contribution in [2.24, 2.45) is 0 Å². The van der Waals surface area contributed by atoms with Gasteiger partial charge in [0.25, 0.3) is 0 Å². The average Bonchev–Trinajstić information content (AvgIpc) is 3.27. The summed E-state index contributed by atoms with van der Waals surface area (Å²) in [5.41, 5.74) is 1.40. The number of nitrogens with zero attached hydrogens (tertiary/aromatic N) is 2. The van der Waals surface area contributed by atoms with Crippen LogP contribution >= 0.6 is 15.9 Å². The molecule has 6 heteroatoms. The molecule has 25 heavy (non-hydrogen) atoms. The van der Waals surface area contributed by atoms with Crippen molar-refractivity contribution in [2.45, 2.75) is 19.3 Å². The molecule has 0 N–H and O–H groups in total. The maximum Gasteiger partial charge on any atom is 0.227 e. The molecule has 0 spiro atoms. The fourth-order valence-electron chi connectivity index (χ4n) is 3.27. The number of oxazole rings is 1. The van der Waals surface area contributed by atoms with E-state index in [-0.39, 0.29) is 23.0 Å². The quantitative estimate of drug-likeness (QED) is 0.778. The minimum atomic E-state index is -0.276. The van der Waals surface area contributed by atoms with Crippen molar-refractivity contribution >= 4 is 27.5 Å². The van der Waals surface area contributed by atoms with E-state index in [0.717, 1.165) is 29.7 Å².